The van der Waals surface area contributed by atoms with Gasteiger partial charge < -0.3 is 10.1 Å². The quantitative estimate of drug-likeness (QED) is 0.860. The van der Waals surface area contributed by atoms with E-state index < -0.39 is 0 Å². The maximum absolute atomic E-state index is 8.77. The average molecular weight is 229 g/mol. The van der Waals surface area contributed by atoms with Gasteiger partial charge in [0.2, 0.25) is 0 Å². The molecule has 0 spiro atoms. The van der Waals surface area contributed by atoms with Gasteiger partial charge in [-0.25, -0.2) is 4.98 Å². The predicted molar refractivity (Wildman–Crippen MR) is 63.4 cm³/mol. The number of ether oxygens (including phenoxy) is 1. The van der Waals surface area contributed by atoms with Crippen molar-refractivity contribution in [2.45, 2.75) is 31.5 Å². The van der Waals surface area contributed by atoms with E-state index in [1.807, 2.05) is 18.2 Å². The Labute approximate surface area is 101 Å². The van der Waals surface area contributed by atoms with E-state index in [1.165, 1.54) is 12.8 Å². The molecule has 2 bridgehead atoms. The van der Waals surface area contributed by atoms with Crippen LogP contribution in [-0.2, 0) is 4.74 Å². The van der Waals surface area contributed by atoms with Crippen LogP contribution in [-0.4, -0.2) is 23.7 Å². The molecule has 88 valence electrons. The smallest absolute Gasteiger partial charge is 0.142 e. The third-order valence-corrected chi connectivity index (χ3v) is 3.64. The Morgan fingerprint density at radius 3 is 3.12 bits per heavy atom. The molecule has 3 heterocycles. The van der Waals surface area contributed by atoms with Gasteiger partial charge in [0.25, 0.3) is 0 Å². The highest BCUT2D eigenvalue weighted by atomic mass is 16.5. The van der Waals surface area contributed by atoms with E-state index in [4.69, 9.17) is 10.00 Å². The normalized spacial score (nSPS) is 30.2. The lowest BCUT2D eigenvalue weighted by molar-refractivity contribution is 0.0941. The molecular formula is C13H15N3O. The zero-order valence-corrected chi connectivity index (χ0v) is 9.60. The van der Waals surface area contributed by atoms with Crippen LogP contribution in [0, 0.1) is 17.2 Å². The van der Waals surface area contributed by atoms with E-state index in [9.17, 15) is 0 Å². The van der Waals surface area contributed by atoms with Crippen molar-refractivity contribution in [2.75, 3.05) is 11.9 Å². The van der Waals surface area contributed by atoms with E-state index in [-0.39, 0.29) is 0 Å². The number of aromatic nitrogens is 1. The summed E-state index contributed by atoms with van der Waals surface area (Å²) in [7, 11) is 0. The molecule has 0 aromatic carbocycles. The summed E-state index contributed by atoms with van der Waals surface area (Å²) in [4.78, 5) is 4.20. The summed E-state index contributed by atoms with van der Waals surface area (Å²) in [6.45, 7) is 0.892. The van der Waals surface area contributed by atoms with Crippen molar-refractivity contribution in [1.82, 2.24) is 4.98 Å². The van der Waals surface area contributed by atoms with Crippen LogP contribution in [0.1, 0.15) is 25.0 Å². The number of hydrogen-bond acceptors (Lipinski definition) is 4. The number of nitrogens with one attached hydrogen (secondary N) is 1. The lowest BCUT2D eigenvalue weighted by Gasteiger charge is -2.19. The van der Waals surface area contributed by atoms with Crippen molar-refractivity contribution in [3.8, 4) is 6.07 Å². The molecule has 3 unspecified atom stereocenters. The minimum atomic E-state index is 0.437. The highest BCUT2D eigenvalue weighted by Gasteiger charge is 2.40. The van der Waals surface area contributed by atoms with Gasteiger partial charge in [-0.3, -0.25) is 0 Å². The second-order valence-electron chi connectivity index (χ2n) is 4.77. The monoisotopic (exact) mass is 229 g/mol. The van der Waals surface area contributed by atoms with Gasteiger partial charge in [0.1, 0.15) is 17.6 Å². The fraction of sp³-hybridized carbons (Fsp3) is 0.538. The molecule has 17 heavy (non-hydrogen) atoms. The van der Waals surface area contributed by atoms with Crippen LogP contribution in [0.15, 0.2) is 18.2 Å². The molecular weight excluding hydrogens is 214 g/mol. The molecule has 2 saturated heterocycles. The molecule has 4 nitrogen and oxygen atoms in total. The highest BCUT2D eigenvalue weighted by molar-refractivity contribution is 5.38. The lowest BCUT2D eigenvalue weighted by Crippen LogP contribution is -2.24. The molecule has 1 N–H and O–H groups in total. The lowest BCUT2D eigenvalue weighted by atomic mass is 9.89. The Morgan fingerprint density at radius 2 is 2.41 bits per heavy atom. The fourth-order valence-corrected chi connectivity index (χ4v) is 2.79. The topological polar surface area (TPSA) is 57.9 Å². The summed E-state index contributed by atoms with van der Waals surface area (Å²) in [6.07, 6.45) is 4.51. The molecule has 3 rings (SSSR count). The SMILES string of the molecule is N#Cc1cccc(NCC2CC3CCC2O3)n1. The van der Waals surface area contributed by atoms with Crippen molar-refractivity contribution < 1.29 is 4.74 Å². The number of rotatable bonds is 3. The Balaban J connectivity index is 1.59. The van der Waals surface area contributed by atoms with Crippen LogP contribution in [0.4, 0.5) is 5.82 Å². The fourth-order valence-electron chi connectivity index (χ4n) is 2.79. The molecule has 2 aliphatic rings. The number of hydrogen-bond donors (Lipinski definition) is 1. The van der Waals surface area contributed by atoms with Gasteiger partial charge in [-0.05, 0) is 31.4 Å². The number of pyridine rings is 1. The molecule has 1 aromatic heterocycles. The van der Waals surface area contributed by atoms with Crippen LogP contribution >= 0.6 is 0 Å². The summed E-state index contributed by atoms with van der Waals surface area (Å²) in [6, 6.07) is 7.51. The molecule has 0 saturated carbocycles. The Hall–Kier alpha value is -1.60. The van der Waals surface area contributed by atoms with Crippen molar-refractivity contribution in [2.24, 2.45) is 5.92 Å². The van der Waals surface area contributed by atoms with Crippen molar-refractivity contribution in [1.29, 1.82) is 5.26 Å². The van der Waals surface area contributed by atoms with Gasteiger partial charge in [0.15, 0.2) is 0 Å². The Bertz CT molecular complexity index is 454. The van der Waals surface area contributed by atoms with Crippen LogP contribution in [0.3, 0.4) is 0 Å². The van der Waals surface area contributed by atoms with Crippen molar-refractivity contribution >= 4 is 5.82 Å². The second-order valence-corrected chi connectivity index (χ2v) is 4.77. The van der Waals surface area contributed by atoms with Gasteiger partial charge >= 0.3 is 0 Å². The largest absolute Gasteiger partial charge is 0.375 e. The van der Waals surface area contributed by atoms with Gasteiger partial charge in [-0.2, -0.15) is 5.26 Å². The van der Waals surface area contributed by atoms with E-state index >= 15 is 0 Å². The van der Waals surface area contributed by atoms with Crippen LogP contribution < -0.4 is 5.32 Å². The van der Waals surface area contributed by atoms with Crippen LogP contribution in [0.25, 0.3) is 0 Å². The third kappa shape index (κ3) is 2.11. The first-order chi connectivity index (χ1) is 8.35. The summed E-state index contributed by atoms with van der Waals surface area (Å²) in [5, 5.41) is 12.1. The summed E-state index contributed by atoms with van der Waals surface area (Å²) >= 11 is 0. The van der Waals surface area contributed by atoms with E-state index in [0.29, 0.717) is 23.8 Å². The Kier molecular flexibility index (Phi) is 2.69. The molecule has 2 aliphatic heterocycles. The van der Waals surface area contributed by atoms with Crippen molar-refractivity contribution in [3.63, 3.8) is 0 Å². The van der Waals surface area contributed by atoms with Crippen LogP contribution in [0.5, 0.6) is 0 Å². The van der Waals surface area contributed by atoms with Gasteiger partial charge in [0, 0.05) is 12.5 Å². The number of fused-ring (bicyclic) bond motifs is 2. The number of anilines is 1. The summed E-state index contributed by atoms with van der Waals surface area (Å²) in [5.74, 6) is 1.38. The van der Waals surface area contributed by atoms with Gasteiger partial charge in [-0.1, -0.05) is 6.07 Å². The maximum atomic E-state index is 8.77. The van der Waals surface area contributed by atoms with Crippen LogP contribution in [0.2, 0.25) is 0 Å². The zero-order valence-electron chi connectivity index (χ0n) is 9.60. The third-order valence-electron chi connectivity index (χ3n) is 3.64. The summed E-state index contributed by atoms with van der Waals surface area (Å²) in [5.41, 5.74) is 0.458. The Morgan fingerprint density at radius 1 is 1.47 bits per heavy atom. The summed E-state index contributed by atoms with van der Waals surface area (Å²) < 4.78 is 5.81. The predicted octanol–water partition coefficient (Wildman–Crippen LogP) is 1.93. The molecule has 3 atom stereocenters. The molecule has 0 amide bonds. The highest BCUT2D eigenvalue weighted by Crippen LogP contribution is 2.38. The first kappa shape index (κ1) is 10.5. The second kappa shape index (κ2) is 4.34. The number of nitriles is 1. The van der Waals surface area contributed by atoms with E-state index in [0.717, 1.165) is 18.8 Å². The molecule has 4 heteroatoms. The van der Waals surface area contributed by atoms with E-state index in [2.05, 4.69) is 10.3 Å². The standard InChI is InChI=1S/C13H15N3O/c14-7-10-2-1-3-13(16-10)15-8-9-6-11-4-5-12(9)17-11/h1-3,9,11-12H,4-6,8H2,(H,15,16). The molecule has 0 aliphatic carbocycles. The van der Waals surface area contributed by atoms with Gasteiger partial charge in [0.05, 0.1) is 12.2 Å². The minimum Gasteiger partial charge on any atom is -0.375 e. The minimum absolute atomic E-state index is 0.437. The first-order valence-corrected chi connectivity index (χ1v) is 6.11. The molecule has 2 fully saturated rings. The molecule has 0 radical (unpaired) electrons. The molecule has 1 aromatic rings. The van der Waals surface area contributed by atoms with Gasteiger partial charge in [-0.15, -0.1) is 0 Å². The first-order valence-electron chi connectivity index (χ1n) is 6.11. The maximum Gasteiger partial charge on any atom is 0.142 e. The average Bonchev–Trinajstić information content (AvgIpc) is 2.99. The number of nitrogens with zero attached hydrogens (tertiary/aromatic N) is 2. The zero-order chi connectivity index (χ0) is 11.7. The van der Waals surface area contributed by atoms with Crippen molar-refractivity contribution in [3.05, 3.63) is 23.9 Å². The van der Waals surface area contributed by atoms with E-state index in [1.54, 1.807) is 6.07 Å².